The van der Waals surface area contributed by atoms with Crippen molar-refractivity contribution < 1.29 is 25.2 Å². The highest BCUT2D eigenvalue weighted by Crippen LogP contribution is 2.19. The van der Waals surface area contributed by atoms with Gasteiger partial charge >= 0.3 is 0 Å². The molecule has 0 aromatic heterocycles. The highest BCUT2D eigenvalue weighted by Gasteiger charge is 2.42. The lowest BCUT2D eigenvalue weighted by atomic mass is 9.99. The first kappa shape index (κ1) is 17.3. The number of hydrogen-bond donors (Lipinski definition) is 5. The van der Waals surface area contributed by atoms with Crippen molar-refractivity contribution in [1.82, 2.24) is 0 Å². The third-order valence-corrected chi connectivity index (χ3v) is 3.21. The molecule has 0 spiro atoms. The van der Waals surface area contributed by atoms with E-state index in [1.807, 2.05) is 0 Å². The number of hydrazone groups is 1. The van der Waals surface area contributed by atoms with Crippen molar-refractivity contribution in [3.8, 4) is 0 Å². The van der Waals surface area contributed by atoms with Gasteiger partial charge < -0.3 is 31.0 Å². The molecule has 5 atom stereocenters. The second kappa shape index (κ2) is 8.50. The smallest absolute Gasteiger partial charge is 0.184 e. The summed E-state index contributed by atoms with van der Waals surface area (Å²) in [6, 6.07) is 0. The summed E-state index contributed by atoms with van der Waals surface area (Å²) in [7, 11) is 0. The van der Waals surface area contributed by atoms with E-state index >= 15 is 0 Å². The first-order chi connectivity index (χ1) is 9.51. The highest BCUT2D eigenvalue weighted by atomic mass is 35.5. The summed E-state index contributed by atoms with van der Waals surface area (Å²) in [5, 5.41) is 41.4. The topological polar surface area (TPSA) is 141 Å². The third kappa shape index (κ3) is 4.65. The number of halogens is 1. The molecular weight excluding hydrogens is 290 g/mol. The van der Waals surface area contributed by atoms with Crippen molar-refractivity contribution in [3.63, 3.8) is 0 Å². The van der Waals surface area contributed by atoms with Crippen LogP contribution in [0.5, 0.6) is 0 Å². The molecule has 1 unspecified atom stereocenters. The van der Waals surface area contributed by atoms with Gasteiger partial charge in [0.2, 0.25) is 0 Å². The van der Waals surface area contributed by atoms with Crippen molar-refractivity contribution >= 4 is 23.5 Å². The molecule has 0 aromatic carbocycles. The van der Waals surface area contributed by atoms with E-state index in [2.05, 4.69) is 10.1 Å². The fraction of sp³-hybridized carbons (Fsp3) is 0.818. The van der Waals surface area contributed by atoms with Crippen molar-refractivity contribution in [1.29, 1.82) is 0 Å². The first-order valence-corrected chi connectivity index (χ1v) is 6.75. The van der Waals surface area contributed by atoms with Crippen LogP contribution in [0.25, 0.3) is 0 Å². The summed E-state index contributed by atoms with van der Waals surface area (Å²) in [5.74, 6) is 5.66. The molecule has 1 saturated heterocycles. The van der Waals surface area contributed by atoms with Crippen LogP contribution in [0.2, 0.25) is 0 Å². The van der Waals surface area contributed by atoms with Gasteiger partial charge in [-0.15, -0.1) is 11.6 Å². The largest absolute Gasteiger partial charge is 0.388 e. The molecular formula is C11H20ClN3O5. The average molecular weight is 310 g/mol. The molecule has 116 valence electrons. The fourth-order valence-electron chi connectivity index (χ4n) is 1.75. The number of nitrogens with zero attached hydrogens (tertiary/aromatic N) is 2. The van der Waals surface area contributed by atoms with E-state index in [0.717, 1.165) is 0 Å². The Morgan fingerprint density at radius 1 is 1.20 bits per heavy atom. The molecule has 9 heteroatoms. The summed E-state index contributed by atoms with van der Waals surface area (Å²) < 4.78 is 4.97. The van der Waals surface area contributed by atoms with Gasteiger partial charge in [-0.2, -0.15) is 5.10 Å². The molecule has 0 aromatic rings. The Bertz CT molecular complexity index is 355. The van der Waals surface area contributed by atoms with Crippen molar-refractivity contribution in [2.45, 2.75) is 43.5 Å². The van der Waals surface area contributed by atoms with Crippen LogP contribution in [0, 0.1) is 0 Å². The Morgan fingerprint density at radius 3 is 2.50 bits per heavy atom. The van der Waals surface area contributed by atoms with Gasteiger partial charge in [0.05, 0.1) is 12.3 Å². The van der Waals surface area contributed by atoms with Crippen molar-refractivity contribution in [2.75, 3.05) is 12.4 Å². The molecule has 0 aliphatic carbocycles. The number of aliphatic hydroxyl groups is 4. The van der Waals surface area contributed by atoms with Gasteiger partial charge in [-0.05, 0) is 12.8 Å². The van der Waals surface area contributed by atoms with Crippen LogP contribution in [0.1, 0.15) is 12.8 Å². The van der Waals surface area contributed by atoms with Crippen LogP contribution in [-0.4, -0.2) is 75.5 Å². The lowest BCUT2D eigenvalue weighted by Gasteiger charge is -2.37. The number of hydrogen-bond acceptors (Lipinski definition) is 8. The van der Waals surface area contributed by atoms with E-state index < -0.39 is 30.7 Å². The van der Waals surface area contributed by atoms with E-state index in [1.165, 1.54) is 6.21 Å². The molecule has 1 heterocycles. The molecule has 1 aliphatic heterocycles. The van der Waals surface area contributed by atoms with Crippen LogP contribution in [0.4, 0.5) is 0 Å². The lowest BCUT2D eigenvalue weighted by molar-refractivity contribution is -0.279. The number of ether oxygens (including phenoxy) is 1. The van der Waals surface area contributed by atoms with Crippen LogP contribution in [0.3, 0.4) is 0 Å². The zero-order valence-corrected chi connectivity index (χ0v) is 11.6. The van der Waals surface area contributed by atoms with Crippen molar-refractivity contribution in [3.05, 3.63) is 0 Å². The predicted octanol–water partition coefficient (Wildman–Crippen LogP) is -1.81. The molecule has 0 radical (unpaired) electrons. The average Bonchev–Trinajstić information content (AvgIpc) is 2.45. The van der Waals surface area contributed by atoms with E-state index in [4.69, 9.17) is 22.2 Å². The number of aliphatic hydroxyl groups excluding tert-OH is 4. The van der Waals surface area contributed by atoms with E-state index in [1.54, 1.807) is 0 Å². The Morgan fingerprint density at radius 2 is 1.90 bits per heavy atom. The number of rotatable bonds is 6. The SMILES string of the molecule is NN=C(C=NC[C@H]1OC(O)[C@H](O)[C@@H](O)[C@@H]1O)CCCCl. The van der Waals surface area contributed by atoms with Gasteiger partial charge in [0, 0.05) is 12.1 Å². The van der Waals surface area contributed by atoms with Gasteiger partial charge in [0.15, 0.2) is 6.29 Å². The molecule has 8 nitrogen and oxygen atoms in total. The molecule has 0 bridgehead atoms. The molecule has 0 amide bonds. The fourth-order valence-corrected chi connectivity index (χ4v) is 1.89. The Labute approximate surface area is 121 Å². The van der Waals surface area contributed by atoms with Crippen LogP contribution < -0.4 is 5.84 Å². The van der Waals surface area contributed by atoms with Crippen LogP contribution >= 0.6 is 11.6 Å². The maximum absolute atomic E-state index is 9.70. The normalized spacial score (nSPS) is 35.6. The minimum absolute atomic E-state index is 0.0120. The van der Waals surface area contributed by atoms with Crippen LogP contribution in [0.15, 0.2) is 10.1 Å². The number of nitrogens with two attached hydrogens (primary N) is 1. The van der Waals surface area contributed by atoms with Crippen LogP contribution in [-0.2, 0) is 4.74 Å². The zero-order valence-electron chi connectivity index (χ0n) is 10.8. The monoisotopic (exact) mass is 309 g/mol. The maximum Gasteiger partial charge on any atom is 0.184 e. The van der Waals surface area contributed by atoms with Gasteiger partial charge in [-0.3, -0.25) is 4.99 Å². The van der Waals surface area contributed by atoms with Gasteiger partial charge in [0.25, 0.3) is 0 Å². The molecule has 0 saturated carbocycles. The van der Waals surface area contributed by atoms with Gasteiger partial charge in [0.1, 0.15) is 24.4 Å². The van der Waals surface area contributed by atoms with E-state index in [9.17, 15) is 20.4 Å². The number of alkyl halides is 1. The Kier molecular flexibility index (Phi) is 7.35. The Hall–Kier alpha value is -0.770. The molecule has 20 heavy (non-hydrogen) atoms. The summed E-state index contributed by atoms with van der Waals surface area (Å²) >= 11 is 5.55. The maximum atomic E-state index is 9.70. The summed E-state index contributed by atoms with van der Waals surface area (Å²) in [6.07, 6.45) is -4.16. The molecule has 6 N–H and O–H groups in total. The van der Waals surface area contributed by atoms with Gasteiger partial charge in [-0.25, -0.2) is 0 Å². The van der Waals surface area contributed by atoms with E-state index in [-0.39, 0.29) is 6.54 Å². The highest BCUT2D eigenvalue weighted by molar-refractivity contribution is 6.30. The third-order valence-electron chi connectivity index (χ3n) is 2.95. The minimum atomic E-state index is -1.56. The zero-order chi connectivity index (χ0) is 15.1. The first-order valence-electron chi connectivity index (χ1n) is 6.21. The van der Waals surface area contributed by atoms with Gasteiger partial charge in [-0.1, -0.05) is 0 Å². The lowest BCUT2D eigenvalue weighted by Crippen LogP contribution is -2.58. The second-order valence-corrected chi connectivity index (χ2v) is 4.82. The minimum Gasteiger partial charge on any atom is -0.388 e. The second-order valence-electron chi connectivity index (χ2n) is 4.44. The standard InChI is InChI=1S/C11H20ClN3O5/c12-3-1-2-6(15-13)4-14-5-7-8(16)9(17)10(18)11(19)20-7/h4,7-11,16-19H,1-3,5,13H2/t7-,8-,9+,10-,11?/m1/s1. The quantitative estimate of drug-likeness (QED) is 0.169. The predicted molar refractivity (Wildman–Crippen MR) is 73.8 cm³/mol. The summed E-state index contributed by atoms with van der Waals surface area (Å²) in [6.45, 7) is -0.0120. The summed E-state index contributed by atoms with van der Waals surface area (Å²) in [4.78, 5) is 4.00. The molecule has 1 fully saturated rings. The Balaban J connectivity index is 2.51. The molecule has 1 rings (SSSR count). The van der Waals surface area contributed by atoms with E-state index in [0.29, 0.717) is 24.4 Å². The summed E-state index contributed by atoms with van der Waals surface area (Å²) in [5.41, 5.74) is 0.539. The molecule has 1 aliphatic rings. The van der Waals surface area contributed by atoms with Crippen molar-refractivity contribution in [2.24, 2.45) is 15.9 Å². The number of aliphatic imine (C=N–C) groups is 1.